The van der Waals surface area contributed by atoms with Crippen LogP contribution in [0, 0.1) is 11.8 Å². The maximum Gasteiger partial charge on any atom is 0.308 e. The van der Waals surface area contributed by atoms with Gasteiger partial charge in [0.2, 0.25) is 5.91 Å². The third-order valence-corrected chi connectivity index (χ3v) is 4.59. The highest BCUT2D eigenvalue weighted by molar-refractivity contribution is 5.88. The second-order valence-electron chi connectivity index (χ2n) is 7.10. The van der Waals surface area contributed by atoms with Gasteiger partial charge >= 0.3 is 5.97 Å². The molecular weight excluding hydrogens is 330 g/mol. The van der Waals surface area contributed by atoms with E-state index in [1.807, 2.05) is 57.2 Å². The van der Waals surface area contributed by atoms with Gasteiger partial charge < -0.3 is 15.2 Å². The van der Waals surface area contributed by atoms with E-state index in [1.165, 1.54) is 0 Å². The largest absolute Gasteiger partial charge is 0.497 e. The Bertz CT molecular complexity index is 785. The second-order valence-corrected chi connectivity index (χ2v) is 7.10. The number of benzene rings is 2. The number of amides is 1. The highest BCUT2D eigenvalue weighted by atomic mass is 16.5. The Labute approximate surface area is 154 Å². The minimum absolute atomic E-state index is 0.154. The molecule has 0 fully saturated rings. The summed E-state index contributed by atoms with van der Waals surface area (Å²) in [5, 5.41) is 14.2. The van der Waals surface area contributed by atoms with Crippen LogP contribution in [0.4, 0.5) is 0 Å². The molecule has 2 aromatic carbocycles. The number of ether oxygens (including phenoxy) is 1. The van der Waals surface area contributed by atoms with E-state index in [-0.39, 0.29) is 24.3 Å². The number of carbonyl (C=O) groups excluding carboxylic acids is 1. The Balaban J connectivity index is 2.07. The predicted octanol–water partition coefficient (Wildman–Crippen LogP) is 3.82. The molecule has 1 unspecified atom stereocenters. The van der Waals surface area contributed by atoms with Crippen LogP contribution in [-0.4, -0.2) is 30.6 Å². The number of methoxy groups -OCH3 is 1. The van der Waals surface area contributed by atoms with E-state index in [0.29, 0.717) is 6.42 Å². The van der Waals surface area contributed by atoms with Gasteiger partial charge in [-0.3, -0.25) is 9.59 Å². The van der Waals surface area contributed by atoms with E-state index in [1.54, 1.807) is 7.11 Å². The molecule has 0 aromatic heterocycles. The zero-order valence-electron chi connectivity index (χ0n) is 15.8. The summed E-state index contributed by atoms with van der Waals surface area (Å²) in [6.45, 7) is 5.94. The van der Waals surface area contributed by atoms with Crippen molar-refractivity contribution >= 4 is 22.6 Å². The Kier molecular flexibility index (Phi) is 6.61. The molecule has 5 heteroatoms. The number of fused-ring (bicyclic) bond motifs is 1. The number of carboxylic acids is 1. The van der Waals surface area contributed by atoms with E-state index < -0.39 is 11.9 Å². The molecule has 0 spiro atoms. The van der Waals surface area contributed by atoms with Gasteiger partial charge in [-0.05, 0) is 47.7 Å². The van der Waals surface area contributed by atoms with Crippen LogP contribution in [0.15, 0.2) is 36.4 Å². The molecule has 0 bridgehead atoms. The first-order valence-electron chi connectivity index (χ1n) is 8.90. The average molecular weight is 357 g/mol. The monoisotopic (exact) mass is 357 g/mol. The van der Waals surface area contributed by atoms with Gasteiger partial charge in [0, 0.05) is 6.54 Å². The molecule has 26 heavy (non-hydrogen) atoms. The fourth-order valence-corrected chi connectivity index (χ4v) is 3.01. The molecule has 2 N–H and O–H groups in total. The third kappa shape index (κ3) is 4.97. The van der Waals surface area contributed by atoms with Gasteiger partial charge in [-0.15, -0.1) is 0 Å². The summed E-state index contributed by atoms with van der Waals surface area (Å²) in [7, 11) is 1.63. The molecule has 0 aliphatic rings. The van der Waals surface area contributed by atoms with Crippen molar-refractivity contribution in [2.24, 2.45) is 11.8 Å². The Morgan fingerprint density at radius 2 is 1.73 bits per heavy atom. The van der Waals surface area contributed by atoms with Gasteiger partial charge in [-0.25, -0.2) is 0 Å². The van der Waals surface area contributed by atoms with E-state index in [2.05, 4.69) is 5.32 Å². The molecule has 2 rings (SSSR count). The summed E-state index contributed by atoms with van der Waals surface area (Å²) in [6, 6.07) is 11.7. The zero-order chi connectivity index (χ0) is 19.3. The fourth-order valence-electron chi connectivity index (χ4n) is 3.01. The Hall–Kier alpha value is -2.56. The molecule has 2 aromatic rings. The summed E-state index contributed by atoms with van der Waals surface area (Å²) >= 11 is 0. The minimum atomic E-state index is -0.869. The summed E-state index contributed by atoms with van der Waals surface area (Å²) in [6.07, 6.45) is 0.543. The van der Waals surface area contributed by atoms with Crippen molar-refractivity contribution in [3.8, 4) is 5.75 Å². The summed E-state index contributed by atoms with van der Waals surface area (Å²) < 4.78 is 5.23. The number of nitrogens with one attached hydrogen (secondary N) is 1. The number of carboxylic acid groups (broad SMARTS) is 1. The van der Waals surface area contributed by atoms with Crippen LogP contribution >= 0.6 is 0 Å². The molecule has 2 atom stereocenters. The first-order valence-corrected chi connectivity index (χ1v) is 8.90. The van der Waals surface area contributed by atoms with Crippen LogP contribution in [-0.2, 0) is 9.59 Å². The average Bonchev–Trinajstić information content (AvgIpc) is 2.62. The Morgan fingerprint density at radius 1 is 1.08 bits per heavy atom. The maximum absolute atomic E-state index is 12.5. The van der Waals surface area contributed by atoms with Crippen molar-refractivity contribution in [1.29, 1.82) is 0 Å². The number of rotatable bonds is 8. The van der Waals surface area contributed by atoms with E-state index in [0.717, 1.165) is 22.1 Å². The van der Waals surface area contributed by atoms with E-state index in [4.69, 9.17) is 4.74 Å². The molecule has 0 radical (unpaired) electrons. The Morgan fingerprint density at radius 3 is 2.35 bits per heavy atom. The highest BCUT2D eigenvalue weighted by Gasteiger charge is 2.22. The fraction of sp³-hybridized carbons (Fsp3) is 0.429. The van der Waals surface area contributed by atoms with E-state index >= 15 is 0 Å². The van der Waals surface area contributed by atoms with Crippen molar-refractivity contribution in [3.05, 3.63) is 42.0 Å². The first kappa shape index (κ1) is 19.8. The zero-order valence-corrected chi connectivity index (χ0v) is 15.8. The van der Waals surface area contributed by atoms with Crippen molar-refractivity contribution in [2.45, 2.75) is 33.1 Å². The number of hydrogen-bond acceptors (Lipinski definition) is 3. The van der Waals surface area contributed by atoms with Crippen LogP contribution in [0.25, 0.3) is 10.8 Å². The smallest absolute Gasteiger partial charge is 0.308 e. The molecular formula is C21H27NO4. The standard InChI is InChI=1S/C21H27NO4/c1-13(2)9-18(21(24)25)12-22-20(23)14(3)15-5-6-17-11-19(26-4)8-7-16(17)10-15/h5-8,10-11,13-14,18H,9,12H2,1-4H3,(H,22,23)(H,24,25)/t14-,18?/m0/s1. The molecule has 0 saturated heterocycles. The lowest BCUT2D eigenvalue weighted by molar-refractivity contribution is -0.142. The third-order valence-electron chi connectivity index (χ3n) is 4.59. The second kappa shape index (κ2) is 8.70. The molecule has 1 amide bonds. The van der Waals surface area contributed by atoms with Gasteiger partial charge in [0.05, 0.1) is 18.9 Å². The van der Waals surface area contributed by atoms with Crippen LogP contribution < -0.4 is 10.1 Å². The first-order chi connectivity index (χ1) is 12.3. The molecule has 0 aliphatic heterocycles. The van der Waals surface area contributed by atoms with Crippen molar-refractivity contribution in [2.75, 3.05) is 13.7 Å². The molecule has 140 valence electrons. The van der Waals surface area contributed by atoms with Crippen molar-refractivity contribution in [3.63, 3.8) is 0 Å². The number of carbonyl (C=O) groups is 2. The topological polar surface area (TPSA) is 75.6 Å². The van der Waals surface area contributed by atoms with Gasteiger partial charge in [-0.2, -0.15) is 0 Å². The van der Waals surface area contributed by atoms with E-state index in [9.17, 15) is 14.7 Å². The van der Waals surface area contributed by atoms with Crippen molar-refractivity contribution in [1.82, 2.24) is 5.32 Å². The minimum Gasteiger partial charge on any atom is -0.497 e. The SMILES string of the molecule is COc1ccc2cc([C@H](C)C(=O)NCC(CC(C)C)C(=O)O)ccc2c1. The molecule has 0 heterocycles. The van der Waals surface area contributed by atoms with Crippen LogP contribution in [0.1, 0.15) is 38.7 Å². The maximum atomic E-state index is 12.5. The van der Waals surface area contributed by atoms with Crippen LogP contribution in [0.2, 0.25) is 0 Å². The highest BCUT2D eigenvalue weighted by Crippen LogP contribution is 2.25. The lowest BCUT2D eigenvalue weighted by atomic mass is 9.95. The predicted molar refractivity (Wildman–Crippen MR) is 103 cm³/mol. The van der Waals surface area contributed by atoms with Gasteiger partial charge in [0.25, 0.3) is 0 Å². The lowest BCUT2D eigenvalue weighted by Gasteiger charge is -2.18. The van der Waals surface area contributed by atoms with Gasteiger partial charge in [-0.1, -0.05) is 38.1 Å². The summed E-state index contributed by atoms with van der Waals surface area (Å²) in [5.41, 5.74) is 0.899. The molecule has 0 aliphatic carbocycles. The summed E-state index contributed by atoms with van der Waals surface area (Å²) in [4.78, 5) is 23.8. The van der Waals surface area contributed by atoms with Crippen molar-refractivity contribution < 1.29 is 19.4 Å². The normalized spacial score (nSPS) is 13.4. The van der Waals surface area contributed by atoms with Crippen LogP contribution in [0.5, 0.6) is 5.75 Å². The number of aliphatic carboxylic acids is 1. The van der Waals surface area contributed by atoms with Crippen LogP contribution in [0.3, 0.4) is 0 Å². The summed E-state index contributed by atoms with van der Waals surface area (Å²) in [5.74, 6) is -0.881. The molecule has 0 saturated carbocycles. The lowest BCUT2D eigenvalue weighted by Crippen LogP contribution is -2.35. The van der Waals surface area contributed by atoms with Gasteiger partial charge in [0.15, 0.2) is 0 Å². The van der Waals surface area contributed by atoms with Gasteiger partial charge in [0.1, 0.15) is 5.75 Å². The number of hydrogen-bond donors (Lipinski definition) is 2. The quantitative estimate of drug-likeness (QED) is 0.753. The molecule has 5 nitrogen and oxygen atoms in total.